The van der Waals surface area contributed by atoms with E-state index in [2.05, 4.69) is 30.4 Å². The minimum absolute atomic E-state index is 0.174. The molecule has 1 heterocycles. The maximum atomic E-state index is 11.2. The molecule has 0 aliphatic rings. The highest BCUT2D eigenvalue weighted by atomic mass is 16.5. The molecule has 16 heavy (non-hydrogen) atoms. The first-order valence-electron chi connectivity index (χ1n) is 5.56. The van der Waals surface area contributed by atoms with E-state index in [1.54, 1.807) is 6.07 Å². The van der Waals surface area contributed by atoms with E-state index in [9.17, 15) is 4.79 Å². The molecule has 0 amide bonds. The van der Waals surface area contributed by atoms with Crippen LogP contribution in [0.1, 0.15) is 43.1 Å². The third-order valence-corrected chi connectivity index (χ3v) is 2.79. The molecule has 0 radical (unpaired) electrons. The van der Waals surface area contributed by atoms with Gasteiger partial charge >= 0.3 is 5.97 Å². The zero-order valence-corrected chi connectivity index (χ0v) is 10.3. The highest BCUT2D eigenvalue weighted by Crippen LogP contribution is 2.22. The molecule has 1 aromatic heterocycles. The molecule has 0 spiro atoms. The lowest BCUT2D eigenvalue weighted by molar-refractivity contribution is 0.0559. The van der Waals surface area contributed by atoms with E-state index >= 15 is 0 Å². The van der Waals surface area contributed by atoms with E-state index in [0.717, 1.165) is 18.8 Å². The highest BCUT2D eigenvalue weighted by Gasteiger charge is 2.18. The van der Waals surface area contributed by atoms with Gasteiger partial charge in [-0.3, -0.25) is 4.90 Å². The Morgan fingerprint density at radius 1 is 1.44 bits per heavy atom. The Hall–Kier alpha value is -1.29. The number of hydrogen-bond donors (Lipinski definition) is 0. The monoisotopic (exact) mass is 225 g/mol. The van der Waals surface area contributed by atoms with Crippen molar-refractivity contribution in [3.63, 3.8) is 0 Å². The average molecular weight is 225 g/mol. The number of nitrogens with zero attached hydrogens (tertiary/aromatic N) is 1. The molecule has 0 aliphatic carbocycles. The Labute approximate surface area is 96.2 Å². The third-order valence-electron chi connectivity index (χ3n) is 2.79. The minimum Gasteiger partial charge on any atom is -0.463 e. The molecule has 4 nitrogen and oxygen atoms in total. The van der Waals surface area contributed by atoms with Gasteiger partial charge in [-0.25, -0.2) is 4.79 Å². The van der Waals surface area contributed by atoms with Gasteiger partial charge in [0.15, 0.2) is 0 Å². The molecule has 0 aromatic carbocycles. The number of esters is 1. The van der Waals surface area contributed by atoms with Crippen molar-refractivity contribution in [3.8, 4) is 0 Å². The lowest BCUT2D eigenvalue weighted by Gasteiger charge is -2.24. The topological polar surface area (TPSA) is 42.7 Å². The predicted molar refractivity (Wildman–Crippen MR) is 61.4 cm³/mol. The number of methoxy groups -OCH3 is 1. The lowest BCUT2D eigenvalue weighted by Crippen LogP contribution is -2.26. The Morgan fingerprint density at radius 2 is 2.06 bits per heavy atom. The average Bonchev–Trinajstić information content (AvgIpc) is 2.78. The summed E-state index contributed by atoms with van der Waals surface area (Å²) in [6, 6.07) is 3.66. The normalized spacial score (nSPS) is 12.8. The fourth-order valence-corrected chi connectivity index (χ4v) is 1.74. The van der Waals surface area contributed by atoms with Crippen molar-refractivity contribution in [2.24, 2.45) is 0 Å². The standard InChI is InChI=1S/C12H19NO3/c1-5-13(6-2)9(3)10-7-8-11(16-10)12(14)15-4/h7-9H,5-6H2,1-4H3. The second-order valence-corrected chi connectivity index (χ2v) is 3.59. The summed E-state index contributed by atoms with van der Waals surface area (Å²) in [6.07, 6.45) is 0. The summed E-state index contributed by atoms with van der Waals surface area (Å²) in [7, 11) is 1.35. The summed E-state index contributed by atoms with van der Waals surface area (Å²) in [6.45, 7) is 8.17. The van der Waals surface area contributed by atoms with Crippen LogP contribution in [0.3, 0.4) is 0 Å². The van der Waals surface area contributed by atoms with E-state index in [0.29, 0.717) is 0 Å². The third kappa shape index (κ3) is 2.64. The van der Waals surface area contributed by atoms with Crippen molar-refractivity contribution >= 4 is 5.97 Å². The summed E-state index contributed by atoms with van der Waals surface area (Å²) < 4.78 is 10.1. The Morgan fingerprint density at radius 3 is 2.56 bits per heavy atom. The van der Waals surface area contributed by atoms with Gasteiger partial charge in [-0.05, 0) is 32.1 Å². The van der Waals surface area contributed by atoms with Gasteiger partial charge in [0.05, 0.1) is 13.2 Å². The van der Waals surface area contributed by atoms with E-state index < -0.39 is 5.97 Å². The molecule has 0 fully saturated rings. The summed E-state index contributed by atoms with van der Waals surface area (Å²) in [4.78, 5) is 13.5. The van der Waals surface area contributed by atoms with E-state index in [-0.39, 0.29) is 11.8 Å². The van der Waals surface area contributed by atoms with Crippen LogP contribution >= 0.6 is 0 Å². The molecule has 90 valence electrons. The van der Waals surface area contributed by atoms with Crippen LogP contribution in [0.2, 0.25) is 0 Å². The van der Waals surface area contributed by atoms with Gasteiger partial charge in [0, 0.05) is 0 Å². The molecule has 0 saturated heterocycles. The SMILES string of the molecule is CCN(CC)C(C)c1ccc(C(=O)OC)o1. The van der Waals surface area contributed by atoms with Crippen LogP contribution in [0, 0.1) is 0 Å². The zero-order chi connectivity index (χ0) is 12.1. The summed E-state index contributed by atoms with van der Waals surface area (Å²) in [5.41, 5.74) is 0. The number of ether oxygens (including phenoxy) is 1. The van der Waals surface area contributed by atoms with Crippen molar-refractivity contribution in [2.45, 2.75) is 26.8 Å². The molecular weight excluding hydrogens is 206 g/mol. The fraction of sp³-hybridized carbons (Fsp3) is 0.583. The first-order chi connectivity index (χ1) is 7.63. The van der Waals surface area contributed by atoms with Crippen LogP contribution in [0.4, 0.5) is 0 Å². The lowest BCUT2D eigenvalue weighted by atomic mass is 10.2. The van der Waals surface area contributed by atoms with Gasteiger partial charge < -0.3 is 9.15 Å². The van der Waals surface area contributed by atoms with Gasteiger partial charge in [-0.2, -0.15) is 0 Å². The maximum absolute atomic E-state index is 11.2. The molecule has 1 atom stereocenters. The van der Waals surface area contributed by atoms with Crippen molar-refractivity contribution in [2.75, 3.05) is 20.2 Å². The molecule has 1 unspecified atom stereocenters. The number of carbonyl (C=O) groups excluding carboxylic acids is 1. The maximum Gasteiger partial charge on any atom is 0.373 e. The van der Waals surface area contributed by atoms with Gasteiger partial charge in [0.1, 0.15) is 5.76 Å². The van der Waals surface area contributed by atoms with Crippen LogP contribution in [0.25, 0.3) is 0 Å². The number of hydrogen-bond acceptors (Lipinski definition) is 4. The van der Waals surface area contributed by atoms with Crippen LogP contribution < -0.4 is 0 Å². The van der Waals surface area contributed by atoms with E-state index in [4.69, 9.17) is 4.42 Å². The Balaban J connectivity index is 2.80. The van der Waals surface area contributed by atoms with Gasteiger partial charge in [-0.1, -0.05) is 13.8 Å². The Bertz CT molecular complexity index is 342. The minimum atomic E-state index is -0.432. The van der Waals surface area contributed by atoms with Crippen LogP contribution in [-0.2, 0) is 4.74 Å². The molecule has 1 rings (SSSR count). The molecule has 0 saturated carbocycles. The first kappa shape index (κ1) is 12.8. The molecule has 4 heteroatoms. The number of furan rings is 1. The fourth-order valence-electron chi connectivity index (χ4n) is 1.74. The van der Waals surface area contributed by atoms with Crippen molar-refractivity contribution in [1.82, 2.24) is 4.90 Å². The van der Waals surface area contributed by atoms with Gasteiger partial charge in [-0.15, -0.1) is 0 Å². The molecule has 1 aromatic rings. The smallest absolute Gasteiger partial charge is 0.373 e. The molecular formula is C12H19NO3. The molecule has 0 bridgehead atoms. The largest absolute Gasteiger partial charge is 0.463 e. The van der Waals surface area contributed by atoms with Gasteiger partial charge in [0.25, 0.3) is 0 Å². The molecule has 0 N–H and O–H groups in total. The van der Waals surface area contributed by atoms with Crippen LogP contribution in [0.15, 0.2) is 16.5 Å². The summed E-state index contributed by atoms with van der Waals surface area (Å²) in [5, 5.41) is 0. The van der Waals surface area contributed by atoms with Crippen molar-refractivity contribution in [1.29, 1.82) is 0 Å². The second-order valence-electron chi connectivity index (χ2n) is 3.59. The predicted octanol–water partition coefficient (Wildman–Crippen LogP) is 2.47. The zero-order valence-electron chi connectivity index (χ0n) is 10.3. The van der Waals surface area contributed by atoms with E-state index in [1.807, 2.05) is 6.07 Å². The second kappa shape index (κ2) is 5.70. The summed E-state index contributed by atoms with van der Waals surface area (Å²) >= 11 is 0. The summed E-state index contributed by atoms with van der Waals surface area (Å²) in [5.74, 6) is 0.624. The highest BCUT2D eigenvalue weighted by molar-refractivity contribution is 5.86. The number of carbonyl (C=O) groups is 1. The van der Waals surface area contributed by atoms with Crippen molar-refractivity contribution in [3.05, 3.63) is 23.7 Å². The van der Waals surface area contributed by atoms with E-state index in [1.165, 1.54) is 7.11 Å². The first-order valence-corrected chi connectivity index (χ1v) is 5.56. The quantitative estimate of drug-likeness (QED) is 0.722. The van der Waals surface area contributed by atoms with Crippen LogP contribution in [0.5, 0.6) is 0 Å². The van der Waals surface area contributed by atoms with Gasteiger partial charge in [0.2, 0.25) is 5.76 Å². The van der Waals surface area contributed by atoms with Crippen LogP contribution in [-0.4, -0.2) is 31.1 Å². The number of rotatable bonds is 5. The van der Waals surface area contributed by atoms with Crippen molar-refractivity contribution < 1.29 is 13.9 Å². The molecule has 0 aliphatic heterocycles. The Kier molecular flexibility index (Phi) is 4.55.